The quantitative estimate of drug-likeness (QED) is 0.356. The van der Waals surface area contributed by atoms with Crippen LogP contribution in [0.4, 0.5) is 0 Å². The van der Waals surface area contributed by atoms with Crippen molar-refractivity contribution in [1.29, 1.82) is 0 Å². The van der Waals surface area contributed by atoms with Crippen LogP contribution in [0.2, 0.25) is 0 Å². The summed E-state index contributed by atoms with van der Waals surface area (Å²) in [5.74, 6) is 0. The van der Waals surface area contributed by atoms with Crippen molar-refractivity contribution in [1.82, 2.24) is 0 Å². The third kappa shape index (κ3) is 9.73. The first kappa shape index (κ1) is 49.7. The van der Waals surface area contributed by atoms with Gasteiger partial charge in [-0.3, -0.25) is 0 Å². The molecule has 0 rings (SSSR count). The van der Waals surface area contributed by atoms with E-state index in [1.165, 1.54) is 0 Å². The van der Waals surface area contributed by atoms with Crippen LogP contribution in [0.15, 0.2) is 0 Å². The van der Waals surface area contributed by atoms with Gasteiger partial charge in [-0.2, -0.15) is 0 Å². The predicted molar refractivity (Wildman–Crippen MR) is 12.7 cm³/mol. The molecule has 0 aliphatic rings. The standard InChI is InChI=1S/B.Co.Ni.P. The summed E-state index contributed by atoms with van der Waals surface area (Å²) in [4.78, 5) is 0. The maximum Gasteiger partial charge on any atom is 0 e. The van der Waals surface area contributed by atoms with Crippen LogP contribution in [-0.4, -0.2) is 8.41 Å². The van der Waals surface area contributed by atoms with Gasteiger partial charge in [0.25, 0.3) is 0 Å². The average Bonchev–Trinajstić information content (AvgIpc) is 0. The summed E-state index contributed by atoms with van der Waals surface area (Å²) in [6.07, 6.45) is 0. The molecule has 27 valence electrons. The van der Waals surface area contributed by atoms with Crippen LogP contribution in [0.25, 0.3) is 0 Å². The maximum absolute atomic E-state index is 0. The molecule has 0 nitrogen and oxygen atoms in total. The summed E-state index contributed by atoms with van der Waals surface area (Å²) >= 11 is 0. The van der Waals surface area contributed by atoms with Crippen LogP contribution in [-0.2, 0) is 33.3 Å². The number of hydrogen-bond acceptors (Lipinski definition) is 0. The van der Waals surface area contributed by atoms with Gasteiger partial charge >= 0.3 is 0 Å². The monoisotopic (exact) mass is 159 g/mol. The Kier molecular flexibility index (Phi) is 305. The Bertz CT molecular complexity index is 8.00. The Morgan fingerprint density at radius 3 is 1.00 bits per heavy atom. The summed E-state index contributed by atoms with van der Waals surface area (Å²) < 4.78 is 0. The third-order valence-corrected chi connectivity index (χ3v) is 0. The molecule has 0 unspecified atom stereocenters. The van der Waals surface area contributed by atoms with Gasteiger partial charge < -0.3 is 0 Å². The maximum atomic E-state index is 0. The molecule has 4 heavy (non-hydrogen) atoms. The van der Waals surface area contributed by atoms with Gasteiger partial charge in [0.1, 0.15) is 0 Å². The van der Waals surface area contributed by atoms with Crippen LogP contribution in [0.3, 0.4) is 0 Å². The van der Waals surface area contributed by atoms with E-state index in [2.05, 4.69) is 0 Å². The first-order valence-electron chi connectivity index (χ1n) is 0. The molecule has 4 heteroatoms. The average molecular weight is 159 g/mol. The van der Waals surface area contributed by atoms with Crippen LogP contribution < -0.4 is 0 Å². The van der Waals surface area contributed by atoms with Crippen LogP contribution >= 0.6 is 9.90 Å². The number of hydrogen-bond donors (Lipinski definition) is 0. The van der Waals surface area contributed by atoms with Crippen molar-refractivity contribution in [3.63, 3.8) is 0 Å². The van der Waals surface area contributed by atoms with E-state index in [9.17, 15) is 0 Å². The van der Waals surface area contributed by atoms with Gasteiger partial charge in [0.05, 0.1) is 0 Å². The molecule has 0 bridgehead atoms. The fourth-order valence-corrected chi connectivity index (χ4v) is 0. The van der Waals surface area contributed by atoms with E-state index in [-0.39, 0.29) is 51.6 Å². The van der Waals surface area contributed by atoms with Gasteiger partial charge in [-0.05, 0) is 0 Å². The molecule has 0 spiro atoms. The number of rotatable bonds is 0. The first-order valence-corrected chi connectivity index (χ1v) is 0. The largest absolute Gasteiger partial charge is 0 e. The third-order valence-electron chi connectivity index (χ3n) is 0. The minimum absolute atomic E-state index is 0. The molecule has 0 aromatic carbocycles. The molecule has 0 aromatic heterocycles. The Labute approximate surface area is 51.8 Å². The van der Waals surface area contributed by atoms with Gasteiger partial charge in [0, 0.05) is 51.6 Å². The van der Waals surface area contributed by atoms with Gasteiger partial charge in [-0.25, -0.2) is 0 Å². The van der Waals surface area contributed by atoms with Crippen LogP contribution in [0.1, 0.15) is 0 Å². The molecule has 0 saturated carbocycles. The molecular formula is BCoNiP. The second kappa shape index (κ2) is 24.6. The summed E-state index contributed by atoms with van der Waals surface area (Å²) in [6, 6.07) is 0. The van der Waals surface area contributed by atoms with Gasteiger partial charge in [-0.15, -0.1) is 0 Å². The molecule has 0 amide bonds. The normalized spacial score (nSPS) is 0. The second-order valence-electron chi connectivity index (χ2n) is 0. The van der Waals surface area contributed by atoms with Crippen molar-refractivity contribution in [3.8, 4) is 0 Å². The summed E-state index contributed by atoms with van der Waals surface area (Å²) in [5, 5.41) is 0. The SMILES string of the molecule is [B].[Co].[Ni].[P]. The van der Waals surface area contributed by atoms with E-state index in [0.29, 0.717) is 0 Å². The fourth-order valence-electron chi connectivity index (χ4n) is 0. The van der Waals surface area contributed by atoms with Crippen LogP contribution in [0, 0.1) is 0 Å². The molecule has 7 radical (unpaired) electrons. The van der Waals surface area contributed by atoms with Crippen molar-refractivity contribution in [2.24, 2.45) is 0 Å². The van der Waals surface area contributed by atoms with Gasteiger partial charge in [0.2, 0.25) is 0 Å². The summed E-state index contributed by atoms with van der Waals surface area (Å²) in [6.45, 7) is 0. The first-order chi connectivity index (χ1) is 0. The summed E-state index contributed by atoms with van der Waals surface area (Å²) in [5.41, 5.74) is 0. The molecule has 0 N–H and O–H groups in total. The van der Waals surface area contributed by atoms with Crippen molar-refractivity contribution in [3.05, 3.63) is 0 Å². The zero-order valence-electron chi connectivity index (χ0n) is 1.67. The fraction of sp³-hybridized carbons (Fsp3) is 0. The van der Waals surface area contributed by atoms with Gasteiger partial charge in [0.15, 0.2) is 0 Å². The zero-order valence-corrected chi connectivity index (χ0v) is 4.60. The minimum atomic E-state index is 0. The van der Waals surface area contributed by atoms with E-state index < -0.39 is 0 Å². The molecule has 0 fully saturated rings. The van der Waals surface area contributed by atoms with E-state index in [1.807, 2.05) is 0 Å². The van der Waals surface area contributed by atoms with E-state index in [0.717, 1.165) is 0 Å². The van der Waals surface area contributed by atoms with E-state index in [4.69, 9.17) is 0 Å². The zero-order chi connectivity index (χ0) is 0. The molecule has 0 aliphatic heterocycles. The molecule has 0 aliphatic carbocycles. The second-order valence-corrected chi connectivity index (χ2v) is 0. The Hall–Kier alpha value is 1.49. The summed E-state index contributed by atoms with van der Waals surface area (Å²) in [7, 11) is 0. The molecule has 0 aromatic rings. The van der Waals surface area contributed by atoms with Crippen molar-refractivity contribution in [2.75, 3.05) is 0 Å². The molecule has 0 heterocycles. The Morgan fingerprint density at radius 1 is 1.00 bits per heavy atom. The topological polar surface area (TPSA) is 0 Å². The van der Waals surface area contributed by atoms with E-state index >= 15 is 0 Å². The minimum Gasteiger partial charge on any atom is 0 e. The van der Waals surface area contributed by atoms with Crippen molar-refractivity contribution >= 4 is 18.3 Å². The Balaban J connectivity index is 0. The Morgan fingerprint density at radius 2 is 1.00 bits per heavy atom. The van der Waals surface area contributed by atoms with Crippen LogP contribution in [0.5, 0.6) is 0 Å². The smallest absolute Gasteiger partial charge is 0 e. The molecular weight excluding hydrogens is 159 g/mol. The molecule has 0 saturated heterocycles. The van der Waals surface area contributed by atoms with E-state index in [1.54, 1.807) is 0 Å². The van der Waals surface area contributed by atoms with Gasteiger partial charge in [-0.1, -0.05) is 0 Å². The predicted octanol–water partition coefficient (Wildman–Crippen LogP) is 0.475. The molecule has 0 atom stereocenters. The van der Waals surface area contributed by atoms with Crippen molar-refractivity contribution < 1.29 is 33.3 Å². The van der Waals surface area contributed by atoms with Crippen molar-refractivity contribution in [2.45, 2.75) is 0 Å².